The largest absolute Gasteiger partial charge is 0.460 e. The number of nitrogens with two attached hydrogens (primary N) is 1. The van der Waals surface area contributed by atoms with Crippen LogP contribution < -0.4 is 20.7 Å². The van der Waals surface area contributed by atoms with Crippen LogP contribution in [-0.2, 0) is 4.79 Å². The van der Waals surface area contributed by atoms with Crippen molar-refractivity contribution in [3.63, 3.8) is 0 Å². The molecule has 2 amide bonds. The van der Waals surface area contributed by atoms with Gasteiger partial charge >= 0.3 is 0 Å². The minimum Gasteiger partial charge on any atom is -0.460 e. The summed E-state index contributed by atoms with van der Waals surface area (Å²) in [4.78, 5) is 35.1. The van der Waals surface area contributed by atoms with Gasteiger partial charge in [0.25, 0.3) is 5.91 Å². The molecule has 2 saturated heterocycles. The second kappa shape index (κ2) is 8.75. The van der Waals surface area contributed by atoms with Crippen LogP contribution in [-0.4, -0.2) is 45.5 Å². The molecule has 32 heavy (non-hydrogen) atoms. The molecule has 0 spiro atoms. The number of ether oxygens (including phenoxy) is 1. The van der Waals surface area contributed by atoms with Crippen LogP contribution >= 0.6 is 23.2 Å². The van der Waals surface area contributed by atoms with E-state index in [1.807, 2.05) is 6.07 Å². The number of halogens is 2. The van der Waals surface area contributed by atoms with Crippen molar-refractivity contribution in [2.24, 2.45) is 5.73 Å². The molecule has 1 unspecified atom stereocenters. The first kappa shape index (κ1) is 22.6. The molecule has 0 radical (unpaired) electrons. The van der Waals surface area contributed by atoms with Crippen LogP contribution in [0, 0.1) is 0 Å². The van der Waals surface area contributed by atoms with Gasteiger partial charge < -0.3 is 20.7 Å². The molecular formula is C22H25Cl2N5O3. The third kappa shape index (κ3) is 4.61. The Labute approximate surface area is 196 Å². The predicted molar refractivity (Wildman–Crippen MR) is 122 cm³/mol. The summed E-state index contributed by atoms with van der Waals surface area (Å²) in [6.07, 6.45) is 6.60. The zero-order valence-electron chi connectivity index (χ0n) is 17.8. The molecule has 3 atom stereocenters. The van der Waals surface area contributed by atoms with Gasteiger partial charge in [-0.2, -0.15) is 0 Å². The van der Waals surface area contributed by atoms with Crippen molar-refractivity contribution in [1.82, 2.24) is 15.3 Å². The number of piperidine rings is 1. The number of anilines is 1. The molecule has 2 aliphatic rings. The van der Waals surface area contributed by atoms with Crippen LogP contribution in [0.5, 0.6) is 5.88 Å². The van der Waals surface area contributed by atoms with Gasteiger partial charge in [0.05, 0.1) is 10.6 Å². The summed E-state index contributed by atoms with van der Waals surface area (Å²) in [5.74, 6) is 0.274. The van der Waals surface area contributed by atoms with Gasteiger partial charge in [-0.25, -0.2) is 9.97 Å². The number of aromatic nitrogens is 2. The summed E-state index contributed by atoms with van der Waals surface area (Å²) in [5.41, 5.74) is 4.54. The lowest BCUT2D eigenvalue weighted by molar-refractivity contribution is -0.135. The number of fused-ring (bicyclic) bond motifs is 2. The summed E-state index contributed by atoms with van der Waals surface area (Å²) >= 11 is 12.0. The summed E-state index contributed by atoms with van der Waals surface area (Å²) in [6, 6.07) is 5.62. The maximum atomic E-state index is 13.0. The van der Waals surface area contributed by atoms with Crippen LogP contribution in [0.2, 0.25) is 10.0 Å². The Morgan fingerprint density at radius 3 is 2.41 bits per heavy atom. The number of nitrogens with one attached hydrogen (secondary N) is 1. The fourth-order valence-electron chi connectivity index (χ4n) is 4.48. The smallest absolute Gasteiger partial charge is 0.263 e. The molecule has 4 rings (SSSR count). The zero-order valence-corrected chi connectivity index (χ0v) is 19.4. The van der Waals surface area contributed by atoms with Gasteiger partial charge in [0.2, 0.25) is 11.8 Å². The fraction of sp³-hybridized carbons (Fsp3) is 0.455. The summed E-state index contributed by atoms with van der Waals surface area (Å²) < 4.78 is 5.81. The van der Waals surface area contributed by atoms with E-state index in [0.29, 0.717) is 10.6 Å². The lowest BCUT2D eigenvalue weighted by Crippen LogP contribution is -2.55. The van der Waals surface area contributed by atoms with Crippen LogP contribution in [0.1, 0.15) is 49.9 Å². The molecule has 10 heteroatoms. The van der Waals surface area contributed by atoms with E-state index in [9.17, 15) is 9.59 Å². The molecule has 8 nitrogen and oxygen atoms in total. The zero-order chi connectivity index (χ0) is 23.0. The van der Waals surface area contributed by atoms with Crippen molar-refractivity contribution in [1.29, 1.82) is 0 Å². The first-order valence-corrected chi connectivity index (χ1v) is 11.2. The third-order valence-corrected chi connectivity index (χ3v) is 6.52. The Morgan fingerprint density at radius 2 is 1.84 bits per heavy atom. The molecule has 170 valence electrons. The van der Waals surface area contributed by atoms with E-state index in [1.165, 1.54) is 18.5 Å². The number of carbonyl (C=O) groups excluding carboxylic acids is 2. The molecule has 2 fully saturated rings. The van der Waals surface area contributed by atoms with Crippen LogP contribution in [0.4, 0.5) is 5.82 Å². The van der Waals surface area contributed by atoms with Crippen LogP contribution in [0.3, 0.4) is 0 Å². The SMILES string of the molecule is CC(C)(Oc1ncc(Cl)cc1Cl)C(=O)NC1C[C@H]2CC[C@@H](C1)N2c1ccc(C(N)=O)cn1. The van der Waals surface area contributed by atoms with Crippen molar-refractivity contribution in [2.45, 2.75) is 63.3 Å². The minimum absolute atomic E-state index is 0.0256. The average molecular weight is 478 g/mol. The highest BCUT2D eigenvalue weighted by Gasteiger charge is 2.43. The monoisotopic (exact) mass is 477 g/mol. The van der Waals surface area contributed by atoms with E-state index in [2.05, 4.69) is 20.2 Å². The lowest BCUT2D eigenvalue weighted by atomic mass is 9.96. The standard InChI is InChI=1S/C22H25Cl2N5O3/c1-22(2,32-20-17(24)7-13(23)11-27-20)21(31)28-14-8-15-4-5-16(9-14)29(15)18-6-3-12(10-26-18)19(25)30/h3,6-7,10-11,14-16H,4-5,8-9H2,1-2H3,(H2,25,30)(H,28,31)/t14?,15-,16+. The number of pyridine rings is 2. The second-order valence-electron chi connectivity index (χ2n) is 8.76. The van der Waals surface area contributed by atoms with Gasteiger partial charge in [0.15, 0.2) is 5.60 Å². The molecule has 2 aromatic rings. The number of amides is 2. The fourth-order valence-corrected chi connectivity index (χ4v) is 4.90. The molecule has 2 aromatic heterocycles. The van der Waals surface area contributed by atoms with E-state index in [-0.39, 0.29) is 34.9 Å². The predicted octanol–water partition coefficient (Wildman–Crippen LogP) is 3.36. The second-order valence-corrected chi connectivity index (χ2v) is 9.60. The van der Waals surface area contributed by atoms with E-state index < -0.39 is 11.5 Å². The Balaban J connectivity index is 1.40. The lowest BCUT2D eigenvalue weighted by Gasteiger charge is -2.40. The van der Waals surface area contributed by atoms with Crippen molar-refractivity contribution >= 4 is 40.8 Å². The maximum Gasteiger partial charge on any atom is 0.263 e. The normalized spacial score (nSPS) is 22.5. The third-order valence-electron chi connectivity index (χ3n) is 6.04. The van der Waals surface area contributed by atoms with E-state index in [1.54, 1.807) is 19.9 Å². The molecule has 0 aliphatic carbocycles. The van der Waals surface area contributed by atoms with E-state index in [4.69, 9.17) is 33.7 Å². The van der Waals surface area contributed by atoms with Crippen molar-refractivity contribution in [3.05, 3.63) is 46.2 Å². The maximum absolute atomic E-state index is 13.0. The number of nitrogens with zero attached hydrogens (tertiary/aromatic N) is 3. The van der Waals surface area contributed by atoms with E-state index in [0.717, 1.165) is 31.5 Å². The first-order chi connectivity index (χ1) is 15.1. The molecule has 4 heterocycles. The van der Waals surface area contributed by atoms with Gasteiger partial charge in [0, 0.05) is 30.5 Å². The van der Waals surface area contributed by atoms with Crippen LogP contribution in [0.15, 0.2) is 30.6 Å². The van der Waals surface area contributed by atoms with Gasteiger partial charge in [0.1, 0.15) is 10.8 Å². The quantitative estimate of drug-likeness (QED) is 0.659. The summed E-state index contributed by atoms with van der Waals surface area (Å²) in [5, 5.41) is 3.78. The highest BCUT2D eigenvalue weighted by molar-refractivity contribution is 6.35. The van der Waals surface area contributed by atoms with Gasteiger partial charge in [-0.05, 0) is 57.7 Å². The first-order valence-electron chi connectivity index (χ1n) is 10.5. The number of hydrogen-bond acceptors (Lipinski definition) is 6. The van der Waals surface area contributed by atoms with Crippen molar-refractivity contribution < 1.29 is 14.3 Å². The van der Waals surface area contributed by atoms with E-state index >= 15 is 0 Å². The molecule has 3 N–H and O–H groups in total. The average Bonchev–Trinajstić information content (AvgIpc) is 3.00. The Morgan fingerprint density at radius 1 is 1.16 bits per heavy atom. The minimum atomic E-state index is -1.16. The van der Waals surface area contributed by atoms with Crippen LogP contribution in [0.25, 0.3) is 0 Å². The summed E-state index contributed by atoms with van der Waals surface area (Å²) in [6.45, 7) is 3.37. The molecule has 2 bridgehead atoms. The Bertz CT molecular complexity index is 1020. The highest BCUT2D eigenvalue weighted by Crippen LogP contribution is 2.39. The number of hydrogen-bond donors (Lipinski definition) is 2. The van der Waals surface area contributed by atoms with Crippen molar-refractivity contribution in [3.8, 4) is 5.88 Å². The van der Waals surface area contributed by atoms with Crippen molar-refractivity contribution in [2.75, 3.05) is 4.90 Å². The Kier molecular flexibility index (Phi) is 6.18. The van der Waals surface area contributed by atoms with Gasteiger partial charge in [-0.15, -0.1) is 0 Å². The molecule has 0 aromatic carbocycles. The molecule has 0 saturated carbocycles. The Hall–Kier alpha value is -2.58. The highest BCUT2D eigenvalue weighted by atomic mass is 35.5. The number of rotatable bonds is 6. The molecule has 2 aliphatic heterocycles. The topological polar surface area (TPSA) is 110 Å². The van der Waals surface area contributed by atoms with Gasteiger partial charge in [-0.1, -0.05) is 23.2 Å². The number of primary amides is 1. The number of carbonyl (C=O) groups is 2. The van der Waals surface area contributed by atoms with Gasteiger partial charge in [-0.3, -0.25) is 9.59 Å². The molecular weight excluding hydrogens is 453 g/mol. The summed E-state index contributed by atoms with van der Waals surface area (Å²) in [7, 11) is 0.